The second kappa shape index (κ2) is 7.55. The number of anilines is 2. The first-order valence-corrected chi connectivity index (χ1v) is 9.54. The lowest BCUT2D eigenvalue weighted by atomic mass is 10.3. The van der Waals surface area contributed by atoms with E-state index in [0.717, 1.165) is 30.7 Å². The van der Waals surface area contributed by atoms with E-state index in [1.54, 1.807) is 18.2 Å². The van der Waals surface area contributed by atoms with Crippen LogP contribution in [0.5, 0.6) is 0 Å². The molecule has 0 spiro atoms. The first kappa shape index (κ1) is 16.7. The number of rotatable bonds is 8. The van der Waals surface area contributed by atoms with Crippen LogP contribution in [-0.2, 0) is 16.4 Å². The van der Waals surface area contributed by atoms with Gasteiger partial charge >= 0.3 is 0 Å². The first-order valence-electron chi connectivity index (χ1n) is 7.24. The topological polar surface area (TPSA) is 84.0 Å². The second-order valence-electron chi connectivity index (χ2n) is 4.76. The van der Waals surface area contributed by atoms with Crippen molar-refractivity contribution in [3.63, 3.8) is 0 Å². The van der Waals surface area contributed by atoms with Crippen LogP contribution < -0.4 is 10.0 Å². The van der Waals surface area contributed by atoms with E-state index >= 15 is 0 Å². The molecule has 0 bridgehead atoms. The van der Waals surface area contributed by atoms with Crippen LogP contribution in [0, 0.1) is 0 Å². The molecule has 0 unspecified atom stereocenters. The fraction of sp³-hybridized carbons (Fsp3) is 0.429. The van der Waals surface area contributed by atoms with Crippen molar-refractivity contribution in [2.45, 2.75) is 37.3 Å². The molecule has 2 N–H and O–H groups in total. The number of nitrogens with one attached hydrogen (secondary N) is 2. The maximum Gasteiger partial charge on any atom is 0.272 e. The maximum atomic E-state index is 12.2. The number of unbranched alkanes of at least 4 members (excludes halogenated alkanes) is 1. The smallest absolute Gasteiger partial charge is 0.272 e. The molecule has 2 heterocycles. The van der Waals surface area contributed by atoms with Gasteiger partial charge in [-0.3, -0.25) is 4.72 Å². The Morgan fingerprint density at radius 2 is 1.82 bits per heavy atom. The number of aryl methyl sites for hydroxylation is 1. The highest BCUT2D eigenvalue weighted by molar-refractivity contribution is 7.94. The Kier molecular flexibility index (Phi) is 5.73. The van der Waals surface area contributed by atoms with Gasteiger partial charge in [0.1, 0.15) is 10.0 Å². The van der Waals surface area contributed by atoms with Crippen LogP contribution in [0.3, 0.4) is 0 Å². The van der Waals surface area contributed by atoms with E-state index in [1.165, 1.54) is 11.3 Å². The molecule has 0 aliphatic carbocycles. The molecule has 0 aliphatic rings. The fourth-order valence-electron chi connectivity index (χ4n) is 1.75. The van der Waals surface area contributed by atoms with Crippen LogP contribution in [0.4, 0.5) is 11.6 Å². The van der Waals surface area contributed by atoms with E-state index in [9.17, 15) is 8.42 Å². The SMILES string of the molecule is CCCCNc1ccc(NS(=O)(=O)c2ccc(CC)s2)nn1. The van der Waals surface area contributed by atoms with E-state index in [2.05, 4.69) is 27.2 Å². The van der Waals surface area contributed by atoms with Crippen molar-refractivity contribution in [1.82, 2.24) is 10.2 Å². The number of hydrogen-bond donors (Lipinski definition) is 2. The third-order valence-corrected chi connectivity index (χ3v) is 6.07. The van der Waals surface area contributed by atoms with Crippen molar-refractivity contribution in [3.8, 4) is 0 Å². The molecule has 0 saturated carbocycles. The Balaban J connectivity index is 2.03. The van der Waals surface area contributed by atoms with E-state index < -0.39 is 10.0 Å². The molecule has 0 aromatic carbocycles. The number of thiophene rings is 1. The highest BCUT2D eigenvalue weighted by Crippen LogP contribution is 2.23. The van der Waals surface area contributed by atoms with Gasteiger partial charge in [-0.2, -0.15) is 0 Å². The van der Waals surface area contributed by atoms with E-state index in [4.69, 9.17) is 0 Å². The van der Waals surface area contributed by atoms with Crippen molar-refractivity contribution >= 4 is 33.0 Å². The zero-order valence-corrected chi connectivity index (χ0v) is 14.3. The van der Waals surface area contributed by atoms with Crippen molar-refractivity contribution in [2.24, 2.45) is 0 Å². The average Bonchev–Trinajstić information content (AvgIpc) is 2.99. The van der Waals surface area contributed by atoms with Crippen LogP contribution in [0.2, 0.25) is 0 Å². The van der Waals surface area contributed by atoms with Crippen molar-refractivity contribution in [3.05, 3.63) is 29.1 Å². The largest absolute Gasteiger partial charge is 0.369 e. The summed E-state index contributed by atoms with van der Waals surface area (Å²) < 4.78 is 27.2. The molecule has 2 rings (SSSR count). The third kappa shape index (κ3) is 4.41. The predicted molar refractivity (Wildman–Crippen MR) is 89.9 cm³/mol. The fourth-order valence-corrected chi connectivity index (χ4v) is 4.05. The summed E-state index contributed by atoms with van der Waals surface area (Å²) in [4.78, 5) is 1.03. The molecule has 0 saturated heterocycles. The average molecular weight is 340 g/mol. The molecule has 8 heteroatoms. The van der Waals surface area contributed by atoms with Crippen molar-refractivity contribution < 1.29 is 8.42 Å². The lowest BCUT2D eigenvalue weighted by Crippen LogP contribution is -2.13. The summed E-state index contributed by atoms with van der Waals surface area (Å²) in [6, 6.07) is 6.76. The Labute approximate surface area is 135 Å². The minimum Gasteiger partial charge on any atom is -0.369 e. The van der Waals surface area contributed by atoms with Crippen molar-refractivity contribution in [1.29, 1.82) is 0 Å². The molecule has 0 radical (unpaired) electrons. The molecule has 0 fully saturated rings. The van der Waals surface area contributed by atoms with Gasteiger partial charge in [-0.05, 0) is 37.1 Å². The number of nitrogens with zero attached hydrogens (tertiary/aromatic N) is 2. The lowest BCUT2D eigenvalue weighted by molar-refractivity contribution is 0.603. The molecule has 120 valence electrons. The Bertz CT molecular complexity index is 696. The Hall–Kier alpha value is -1.67. The normalized spacial score (nSPS) is 11.4. The van der Waals surface area contributed by atoms with Crippen LogP contribution in [-0.4, -0.2) is 25.2 Å². The molecular formula is C14H20N4O2S2. The van der Waals surface area contributed by atoms with Crippen LogP contribution in [0.25, 0.3) is 0 Å². The molecule has 22 heavy (non-hydrogen) atoms. The molecule has 2 aromatic heterocycles. The molecule has 0 aliphatic heterocycles. The molecule has 6 nitrogen and oxygen atoms in total. The van der Waals surface area contributed by atoms with Crippen LogP contribution in [0.15, 0.2) is 28.5 Å². The van der Waals surface area contributed by atoms with Gasteiger partial charge in [-0.1, -0.05) is 20.3 Å². The Morgan fingerprint density at radius 1 is 1.09 bits per heavy atom. The second-order valence-corrected chi connectivity index (χ2v) is 7.84. The van der Waals surface area contributed by atoms with Gasteiger partial charge in [-0.15, -0.1) is 21.5 Å². The molecular weight excluding hydrogens is 320 g/mol. The summed E-state index contributed by atoms with van der Waals surface area (Å²) in [5, 5.41) is 11.0. The van der Waals surface area contributed by atoms with Gasteiger partial charge in [0.05, 0.1) is 0 Å². The van der Waals surface area contributed by atoms with E-state index in [1.807, 2.05) is 13.0 Å². The monoisotopic (exact) mass is 340 g/mol. The van der Waals surface area contributed by atoms with Gasteiger partial charge in [-0.25, -0.2) is 8.42 Å². The third-order valence-electron chi connectivity index (χ3n) is 2.99. The summed E-state index contributed by atoms with van der Waals surface area (Å²) in [5.74, 6) is 0.855. The summed E-state index contributed by atoms with van der Waals surface area (Å²) in [7, 11) is -3.59. The van der Waals surface area contributed by atoms with Gasteiger partial charge in [0.25, 0.3) is 10.0 Å². The van der Waals surface area contributed by atoms with E-state index in [0.29, 0.717) is 5.82 Å². The maximum absolute atomic E-state index is 12.2. The molecule has 2 aromatic rings. The summed E-state index contributed by atoms with van der Waals surface area (Å²) >= 11 is 1.26. The lowest BCUT2D eigenvalue weighted by Gasteiger charge is -2.06. The van der Waals surface area contributed by atoms with E-state index in [-0.39, 0.29) is 10.0 Å². The zero-order chi connectivity index (χ0) is 16.0. The van der Waals surface area contributed by atoms with Crippen molar-refractivity contribution in [2.75, 3.05) is 16.6 Å². The highest BCUT2D eigenvalue weighted by Gasteiger charge is 2.17. The van der Waals surface area contributed by atoms with Crippen LogP contribution >= 0.6 is 11.3 Å². The minimum absolute atomic E-state index is 0.215. The number of hydrogen-bond acceptors (Lipinski definition) is 6. The van der Waals surface area contributed by atoms with Gasteiger partial charge in [0, 0.05) is 11.4 Å². The van der Waals surface area contributed by atoms with Gasteiger partial charge in [0.2, 0.25) is 0 Å². The standard InChI is InChI=1S/C14H20N4O2S2/c1-3-5-10-15-12-7-8-13(17-16-12)18-22(19,20)14-9-6-11(4-2)21-14/h6-9H,3-5,10H2,1-2H3,(H,15,16)(H,17,18). The van der Waals surface area contributed by atoms with Gasteiger partial charge in [0.15, 0.2) is 5.82 Å². The first-order chi connectivity index (χ1) is 10.5. The minimum atomic E-state index is -3.59. The van der Waals surface area contributed by atoms with Crippen LogP contribution in [0.1, 0.15) is 31.6 Å². The number of sulfonamides is 1. The zero-order valence-electron chi connectivity index (χ0n) is 12.7. The molecule has 0 atom stereocenters. The quantitative estimate of drug-likeness (QED) is 0.721. The summed E-state index contributed by atoms with van der Waals surface area (Å²) in [6.45, 7) is 4.93. The van der Waals surface area contributed by atoms with Gasteiger partial charge < -0.3 is 5.32 Å². The summed E-state index contributed by atoms with van der Waals surface area (Å²) in [5.41, 5.74) is 0. The summed E-state index contributed by atoms with van der Waals surface area (Å²) in [6.07, 6.45) is 2.96. The highest BCUT2D eigenvalue weighted by atomic mass is 32.2. The predicted octanol–water partition coefficient (Wildman–Crippen LogP) is 3.11. The number of aromatic nitrogens is 2. The molecule has 0 amide bonds. The Morgan fingerprint density at radius 3 is 2.41 bits per heavy atom.